The van der Waals surface area contributed by atoms with Crippen molar-refractivity contribution in [1.82, 2.24) is 18.7 Å². The van der Waals surface area contributed by atoms with E-state index >= 15 is 0 Å². The predicted octanol–water partition coefficient (Wildman–Crippen LogP) is 0.991. The fraction of sp³-hybridized carbons (Fsp3) is 0.333. The van der Waals surface area contributed by atoms with Crippen LogP contribution in [0.1, 0.15) is 19.4 Å². The first kappa shape index (κ1) is 17.7. The van der Waals surface area contributed by atoms with Crippen molar-refractivity contribution in [3.05, 3.63) is 63.1 Å². The van der Waals surface area contributed by atoms with E-state index in [9.17, 15) is 14.4 Å². The third-order valence-electron chi connectivity index (χ3n) is 4.10. The minimum absolute atomic E-state index is 0.181. The Morgan fingerprint density at radius 1 is 1.12 bits per heavy atom. The first-order valence-corrected chi connectivity index (χ1v) is 8.44. The van der Waals surface area contributed by atoms with Crippen LogP contribution in [0.15, 0.2) is 46.2 Å². The SMILES string of the molecule is CCOC(=O)Cn1c(=O)c2c(ncn2CC)n(Cc2ccccc2)c1=O. The lowest BCUT2D eigenvalue weighted by Crippen LogP contribution is -2.42. The Bertz CT molecular complexity index is 1050. The number of hydrogen-bond donors (Lipinski definition) is 0. The molecule has 0 fully saturated rings. The fourth-order valence-corrected chi connectivity index (χ4v) is 2.86. The summed E-state index contributed by atoms with van der Waals surface area (Å²) in [4.78, 5) is 41.9. The lowest BCUT2D eigenvalue weighted by atomic mass is 10.2. The van der Waals surface area contributed by atoms with Crippen LogP contribution in [0.25, 0.3) is 11.2 Å². The van der Waals surface area contributed by atoms with E-state index in [4.69, 9.17) is 4.74 Å². The van der Waals surface area contributed by atoms with Gasteiger partial charge in [0.1, 0.15) is 6.54 Å². The van der Waals surface area contributed by atoms with Crippen LogP contribution in [0, 0.1) is 0 Å². The van der Waals surface area contributed by atoms with E-state index in [1.54, 1.807) is 11.5 Å². The molecule has 8 nitrogen and oxygen atoms in total. The van der Waals surface area contributed by atoms with Crippen LogP contribution in [-0.4, -0.2) is 31.3 Å². The van der Waals surface area contributed by atoms with Crippen molar-refractivity contribution in [2.75, 3.05) is 6.61 Å². The van der Waals surface area contributed by atoms with Crippen molar-refractivity contribution in [2.24, 2.45) is 0 Å². The molecule has 0 atom stereocenters. The largest absolute Gasteiger partial charge is 0.465 e. The van der Waals surface area contributed by atoms with Gasteiger partial charge in [-0.05, 0) is 19.4 Å². The maximum absolute atomic E-state index is 12.9. The van der Waals surface area contributed by atoms with E-state index in [1.165, 1.54) is 10.9 Å². The smallest absolute Gasteiger partial charge is 0.333 e. The van der Waals surface area contributed by atoms with Gasteiger partial charge < -0.3 is 9.30 Å². The standard InChI is InChI=1S/C18H20N4O4/c1-3-20-12-19-16-15(20)17(24)22(11-14(23)26-4-2)18(25)21(16)10-13-8-6-5-7-9-13/h5-9,12H,3-4,10-11H2,1-2H3. The highest BCUT2D eigenvalue weighted by atomic mass is 16.5. The normalized spacial score (nSPS) is 11.0. The number of carbonyl (C=O) groups excluding carboxylic acids is 1. The molecule has 2 aromatic heterocycles. The molecule has 0 radical (unpaired) electrons. The summed E-state index contributed by atoms with van der Waals surface area (Å²) < 4.78 is 8.89. The molecule has 0 aliphatic rings. The van der Waals surface area contributed by atoms with Gasteiger partial charge in [0, 0.05) is 6.54 Å². The molecule has 0 amide bonds. The zero-order valence-corrected chi connectivity index (χ0v) is 14.7. The van der Waals surface area contributed by atoms with Crippen LogP contribution in [0.2, 0.25) is 0 Å². The van der Waals surface area contributed by atoms with E-state index in [0.717, 1.165) is 10.1 Å². The molecule has 0 aliphatic heterocycles. The van der Waals surface area contributed by atoms with E-state index in [-0.39, 0.29) is 13.2 Å². The third-order valence-corrected chi connectivity index (χ3v) is 4.10. The molecule has 0 unspecified atom stereocenters. The number of aromatic nitrogens is 4. The minimum Gasteiger partial charge on any atom is -0.465 e. The monoisotopic (exact) mass is 356 g/mol. The Morgan fingerprint density at radius 3 is 2.50 bits per heavy atom. The van der Waals surface area contributed by atoms with Crippen molar-refractivity contribution in [3.63, 3.8) is 0 Å². The molecule has 136 valence electrons. The van der Waals surface area contributed by atoms with E-state index in [0.29, 0.717) is 17.7 Å². The minimum atomic E-state index is -0.625. The molecule has 1 aromatic carbocycles. The molecule has 0 bridgehead atoms. The average Bonchev–Trinajstić information content (AvgIpc) is 3.07. The Morgan fingerprint density at radius 2 is 1.85 bits per heavy atom. The average molecular weight is 356 g/mol. The zero-order valence-electron chi connectivity index (χ0n) is 14.7. The summed E-state index contributed by atoms with van der Waals surface area (Å²) >= 11 is 0. The summed E-state index contributed by atoms with van der Waals surface area (Å²) in [5.74, 6) is -0.625. The number of aryl methyl sites for hydroxylation is 1. The van der Waals surface area contributed by atoms with Gasteiger partial charge in [-0.2, -0.15) is 0 Å². The molecule has 3 rings (SSSR count). The Balaban J connectivity index is 2.22. The van der Waals surface area contributed by atoms with Gasteiger partial charge in [-0.15, -0.1) is 0 Å². The number of fused-ring (bicyclic) bond motifs is 1. The lowest BCUT2D eigenvalue weighted by Gasteiger charge is -2.12. The van der Waals surface area contributed by atoms with Crippen LogP contribution in [0.4, 0.5) is 0 Å². The second kappa shape index (κ2) is 7.38. The van der Waals surface area contributed by atoms with Gasteiger partial charge in [0.2, 0.25) is 0 Å². The van der Waals surface area contributed by atoms with Gasteiger partial charge in [0.15, 0.2) is 11.2 Å². The van der Waals surface area contributed by atoms with Crippen molar-refractivity contribution < 1.29 is 9.53 Å². The quantitative estimate of drug-likeness (QED) is 0.615. The van der Waals surface area contributed by atoms with Crippen LogP contribution in [-0.2, 0) is 29.2 Å². The zero-order chi connectivity index (χ0) is 18.7. The van der Waals surface area contributed by atoms with E-state index in [1.807, 2.05) is 37.3 Å². The number of imidazole rings is 1. The fourth-order valence-electron chi connectivity index (χ4n) is 2.86. The maximum Gasteiger partial charge on any atom is 0.333 e. The maximum atomic E-state index is 12.9. The Kier molecular flexibility index (Phi) is 5.01. The van der Waals surface area contributed by atoms with Gasteiger partial charge in [-0.25, -0.2) is 14.3 Å². The summed E-state index contributed by atoms with van der Waals surface area (Å²) in [5, 5.41) is 0. The molecule has 2 heterocycles. The first-order chi connectivity index (χ1) is 12.6. The molecular formula is C18H20N4O4. The van der Waals surface area contributed by atoms with Gasteiger partial charge in [-0.3, -0.25) is 14.2 Å². The van der Waals surface area contributed by atoms with Gasteiger partial charge in [-0.1, -0.05) is 30.3 Å². The van der Waals surface area contributed by atoms with Crippen molar-refractivity contribution in [3.8, 4) is 0 Å². The molecular weight excluding hydrogens is 336 g/mol. The predicted molar refractivity (Wildman–Crippen MR) is 96.1 cm³/mol. The molecule has 0 spiro atoms. The lowest BCUT2D eigenvalue weighted by molar-refractivity contribution is -0.143. The summed E-state index contributed by atoms with van der Waals surface area (Å²) in [6.45, 7) is 4.08. The summed E-state index contributed by atoms with van der Waals surface area (Å²) in [6, 6.07) is 9.40. The molecule has 0 N–H and O–H groups in total. The molecule has 0 aliphatic carbocycles. The summed E-state index contributed by atoms with van der Waals surface area (Å²) in [5.41, 5.74) is 0.379. The number of benzene rings is 1. The molecule has 3 aromatic rings. The number of carbonyl (C=O) groups is 1. The second-order valence-electron chi connectivity index (χ2n) is 5.75. The highest BCUT2D eigenvalue weighted by Gasteiger charge is 2.19. The topological polar surface area (TPSA) is 88.1 Å². The molecule has 26 heavy (non-hydrogen) atoms. The Labute approximate surface area is 149 Å². The number of nitrogens with zero attached hydrogens (tertiary/aromatic N) is 4. The second-order valence-corrected chi connectivity index (χ2v) is 5.75. The van der Waals surface area contributed by atoms with Crippen LogP contribution >= 0.6 is 0 Å². The van der Waals surface area contributed by atoms with E-state index < -0.39 is 23.8 Å². The van der Waals surface area contributed by atoms with Crippen LogP contribution in [0.5, 0.6) is 0 Å². The van der Waals surface area contributed by atoms with Gasteiger partial charge in [0.05, 0.1) is 19.5 Å². The number of hydrogen-bond acceptors (Lipinski definition) is 5. The van der Waals surface area contributed by atoms with E-state index in [2.05, 4.69) is 4.98 Å². The summed E-state index contributed by atoms with van der Waals surface area (Å²) in [7, 11) is 0. The first-order valence-electron chi connectivity index (χ1n) is 8.44. The van der Waals surface area contributed by atoms with Crippen LogP contribution < -0.4 is 11.2 Å². The molecule has 0 saturated carbocycles. The number of rotatable bonds is 6. The van der Waals surface area contributed by atoms with Crippen molar-refractivity contribution >= 4 is 17.1 Å². The number of esters is 1. The van der Waals surface area contributed by atoms with Gasteiger partial charge in [0.25, 0.3) is 5.56 Å². The van der Waals surface area contributed by atoms with Gasteiger partial charge >= 0.3 is 11.7 Å². The molecule has 0 saturated heterocycles. The third kappa shape index (κ3) is 3.17. The number of ether oxygens (including phenoxy) is 1. The summed E-state index contributed by atoms with van der Waals surface area (Å²) in [6.07, 6.45) is 1.53. The highest BCUT2D eigenvalue weighted by Crippen LogP contribution is 2.09. The van der Waals surface area contributed by atoms with Crippen molar-refractivity contribution in [1.29, 1.82) is 0 Å². The van der Waals surface area contributed by atoms with Crippen molar-refractivity contribution in [2.45, 2.75) is 33.5 Å². The Hall–Kier alpha value is -3.16. The highest BCUT2D eigenvalue weighted by molar-refractivity contribution is 5.72. The molecule has 8 heteroatoms. The van der Waals surface area contributed by atoms with Crippen LogP contribution in [0.3, 0.4) is 0 Å².